The zero-order valence-electron chi connectivity index (χ0n) is 15.8. The van der Waals surface area contributed by atoms with Crippen LogP contribution in [0.15, 0.2) is 73.1 Å². The predicted octanol–water partition coefficient (Wildman–Crippen LogP) is 2.85. The number of amides is 1. The Labute approximate surface area is 167 Å². The molecule has 0 fully saturated rings. The maximum atomic E-state index is 12.9. The van der Waals surface area contributed by atoms with Crippen LogP contribution in [0.3, 0.4) is 0 Å². The number of aromatic amines is 1. The number of hydrogen-bond donors (Lipinski definition) is 2. The summed E-state index contributed by atoms with van der Waals surface area (Å²) in [5.74, 6) is 0.428. The number of aromatic nitrogens is 5. The average Bonchev–Trinajstić information content (AvgIpc) is 3.46. The molecule has 4 rings (SSSR count). The molecule has 146 valence electrons. The summed E-state index contributed by atoms with van der Waals surface area (Å²) in [5.41, 5.74) is 2.77. The van der Waals surface area contributed by atoms with Crippen molar-refractivity contribution < 1.29 is 9.53 Å². The highest BCUT2D eigenvalue weighted by Crippen LogP contribution is 2.28. The number of ether oxygens (including phenoxy) is 1. The summed E-state index contributed by atoms with van der Waals surface area (Å²) in [7, 11) is 1.60. The third-order valence-corrected chi connectivity index (χ3v) is 4.53. The van der Waals surface area contributed by atoms with Crippen molar-refractivity contribution >= 4 is 5.91 Å². The van der Waals surface area contributed by atoms with E-state index in [0.29, 0.717) is 23.7 Å². The van der Waals surface area contributed by atoms with Crippen LogP contribution in [0.5, 0.6) is 5.75 Å². The van der Waals surface area contributed by atoms with Gasteiger partial charge in [-0.05, 0) is 23.8 Å². The highest BCUT2D eigenvalue weighted by molar-refractivity contribution is 5.93. The Morgan fingerprint density at radius 1 is 1.10 bits per heavy atom. The van der Waals surface area contributed by atoms with Crippen LogP contribution in [0.2, 0.25) is 0 Å². The van der Waals surface area contributed by atoms with Gasteiger partial charge in [-0.1, -0.05) is 42.5 Å². The maximum Gasteiger partial charge on any atom is 0.269 e. The van der Waals surface area contributed by atoms with E-state index >= 15 is 0 Å². The molecule has 0 unspecified atom stereocenters. The normalized spacial score (nSPS) is 11.8. The monoisotopic (exact) mass is 388 g/mol. The smallest absolute Gasteiger partial charge is 0.269 e. The van der Waals surface area contributed by atoms with Crippen molar-refractivity contribution in [1.82, 2.24) is 30.5 Å². The minimum Gasteiger partial charge on any atom is -0.496 e. The fraction of sp³-hybridized carbons (Fsp3) is 0.143. The van der Waals surface area contributed by atoms with Crippen LogP contribution in [0, 0.1) is 0 Å². The van der Waals surface area contributed by atoms with E-state index in [1.807, 2.05) is 54.6 Å². The van der Waals surface area contributed by atoms with E-state index in [-0.39, 0.29) is 11.9 Å². The molecule has 0 spiro atoms. The topological polar surface area (TPSA) is 97.7 Å². The number of nitrogens with one attached hydrogen (secondary N) is 2. The third-order valence-electron chi connectivity index (χ3n) is 4.53. The van der Waals surface area contributed by atoms with Crippen LogP contribution in [0.25, 0.3) is 11.3 Å². The molecule has 2 aromatic carbocycles. The first-order valence-electron chi connectivity index (χ1n) is 9.13. The molecular formula is C21H20N6O2. The van der Waals surface area contributed by atoms with Gasteiger partial charge in [0.25, 0.3) is 5.91 Å². The van der Waals surface area contributed by atoms with E-state index in [1.165, 1.54) is 0 Å². The quantitative estimate of drug-likeness (QED) is 0.507. The highest BCUT2D eigenvalue weighted by Gasteiger charge is 2.19. The number of para-hydroxylation sites is 1. The molecule has 0 aliphatic heterocycles. The first-order valence-corrected chi connectivity index (χ1v) is 9.13. The van der Waals surface area contributed by atoms with Crippen LogP contribution in [-0.2, 0) is 6.54 Å². The predicted molar refractivity (Wildman–Crippen MR) is 107 cm³/mol. The molecule has 0 bridgehead atoms. The number of hydrogen-bond acceptors (Lipinski definition) is 5. The summed E-state index contributed by atoms with van der Waals surface area (Å²) in [6.07, 6.45) is 3.22. The largest absolute Gasteiger partial charge is 0.496 e. The average molecular weight is 388 g/mol. The Hall–Kier alpha value is -3.94. The summed E-state index contributed by atoms with van der Waals surface area (Å²) < 4.78 is 5.38. The lowest BCUT2D eigenvalue weighted by molar-refractivity contribution is 0.0925. The van der Waals surface area contributed by atoms with Crippen molar-refractivity contribution in [3.8, 4) is 17.0 Å². The molecule has 1 atom stereocenters. The molecule has 29 heavy (non-hydrogen) atoms. The summed E-state index contributed by atoms with van der Waals surface area (Å²) >= 11 is 0. The van der Waals surface area contributed by atoms with Crippen LogP contribution >= 0.6 is 0 Å². The van der Waals surface area contributed by atoms with Gasteiger partial charge in [-0.3, -0.25) is 9.89 Å². The minimum atomic E-state index is -0.297. The first kappa shape index (κ1) is 18.4. The van der Waals surface area contributed by atoms with E-state index in [1.54, 1.807) is 30.4 Å². The second-order valence-corrected chi connectivity index (χ2v) is 6.39. The molecule has 0 saturated heterocycles. The second-order valence-electron chi connectivity index (χ2n) is 6.39. The first-order chi connectivity index (χ1) is 14.2. The molecule has 0 aliphatic rings. The molecule has 0 saturated carbocycles. The van der Waals surface area contributed by atoms with E-state index in [0.717, 1.165) is 11.1 Å². The number of benzene rings is 2. The third kappa shape index (κ3) is 4.16. The molecule has 0 radical (unpaired) electrons. The maximum absolute atomic E-state index is 12.9. The summed E-state index contributed by atoms with van der Waals surface area (Å²) in [6.45, 7) is 0.413. The van der Waals surface area contributed by atoms with Gasteiger partial charge in [0, 0.05) is 5.56 Å². The minimum absolute atomic E-state index is 0.264. The molecule has 8 nitrogen and oxygen atoms in total. The van der Waals surface area contributed by atoms with E-state index in [2.05, 4.69) is 25.7 Å². The van der Waals surface area contributed by atoms with Crippen molar-refractivity contribution in [2.24, 2.45) is 0 Å². The van der Waals surface area contributed by atoms with Gasteiger partial charge in [0.05, 0.1) is 37.8 Å². The van der Waals surface area contributed by atoms with Gasteiger partial charge in [-0.2, -0.15) is 20.1 Å². The van der Waals surface area contributed by atoms with Crippen LogP contribution in [-0.4, -0.2) is 38.2 Å². The number of nitrogens with zero attached hydrogens (tertiary/aromatic N) is 4. The van der Waals surface area contributed by atoms with Gasteiger partial charge in [0.2, 0.25) is 0 Å². The zero-order chi connectivity index (χ0) is 20.1. The lowest BCUT2D eigenvalue weighted by Gasteiger charge is -2.18. The molecule has 8 heteroatoms. The molecular weight excluding hydrogens is 368 g/mol. The Morgan fingerprint density at radius 3 is 2.59 bits per heavy atom. The summed E-state index contributed by atoms with van der Waals surface area (Å²) in [5, 5.41) is 18.4. The second kappa shape index (κ2) is 8.39. The fourth-order valence-corrected chi connectivity index (χ4v) is 3.09. The Bertz CT molecular complexity index is 1080. The number of carbonyl (C=O) groups is 1. The standard InChI is InChI=1S/C21H20N6O2/c1-29-20-10-6-5-9-16(20)17-13-18(26-25-17)21(28)24-19(14-27-22-11-12-23-27)15-7-3-2-4-8-15/h2-13,19H,14H2,1H3,(H,24,28)(H,25,26)/t19-/m1/s1. The Kier molecular flexibility index (Phi) is 5.33. The van der Waals surface area contributed by atoms with Crippen molar-refractivity contribution in [2.75, 3.05) is 7.11 Å². The Morgan fingerprint density at radius 2 is 1.83 bits per heavy atom. The SMILES string of the molecule is COc1ccccc1-c1cc(C(=O)N[C@H](Cn2nccn2)c2ccccc2)[nH]n1. The molecule has 4 aromatic rings. The van der Waals surface area contributed by atoms with Gasteiger partial charge in [0.1, 0.15) is 11.4 Å². The van der Waals surface area contributed by atoms with E-state index < -0.39 is 0 Å². The Balaban J connectivity index is 1.56. The van der Waals surface area contributed by atoms with Gasteiger partial charge in [-0.25, -0.2) is 0 Å². The van der Waals surface area contributed by atoms with Gasteiger partial charge in [-0.15, -0.1) is 0 Å². The fourth-order valence-electron chi connectivity index (χ4n) is 3.09. The molecule has 2 heterocycles. The summed E-state index contributed by atoms with van der Waals surface area (Å²) in [6, 6.07) is 18.7. The number of carbonyl (C=O) groups excluding carboxylic acids is 1. The lowest BCUT2D eigenvalue weighted by atomic mass is 10.1. The van der Waals surface area contributed by atoms with Gasteiger partial charge < -0.3 is 10.1 Å². The van der Waals surface area contributed by atoms with Crippen LogP contribution in [0.4, 0.5) is 0 Å². The number of rotatable bonds is 7. The van der Waals surface area contributed by atoms with Crippen LogP contribution < -0.4 is 10.1 Å². The molecule has 1 amide bonds. The number of H-pyrrole nitrogens is 1. The molecule has 2 N–H and O–H groups in total. The molecule has 0 aliphatic carbocycles. The zero-order valence-corrected chi connectivity index (χ0v) is 15.8. The van der Waals surface area contributed by atoms with Crippen molar-refractivity contribution in [1.29, 1.82) is 0 Å². The van der Waals surface area contributed by atoms with Crippen molar-refractivity contribution in [3.63, 3.8) is 0 Å². The van der Waals surface area contributed by atoms with Gasteiger partial charge >= 0.3 is 0 Å². The van der Waals surface area contributed by atoms with Crippen molar-refractivity contribution in [2.45, 2.75) is 12.6 Å². The highest BCUT2D eigenvalue weighted by atomic mass is 16.5. The molecule has 2 aromatic heterocycles. The summed E-state index contributed by atoms with van der Waals surface area (Å²) in [4.78, 5) is 14.4. The van der Waals surface area contributed by atoms with E-state index in [9.17, 15) is 4.79 Å². The van der Waals surface area contributed by atoms with Gasteiger partial charge in [0.15, 0.2) is 0 Å². The van der Waals surface area contributed by atoms with Crippen LogP contribution in [0.1, 0.15) is 22.1 Å². The lowest BCUT2D eigenvalue weighted by Crippen LogP contribution is -2.32. The van der Waals surface area contributed by atoms with E-state index in [4.69, 9.17) is 4.74 Å². The van der Waals surface area contributed by atoms with Crippen molar-refractivity contribution in [3.05, 3.63) is 84.3 Å². The number of methoxy groups -OCH3 is 1.